The molecule has 0 atom stereocenters. The summed E-state index contributed by atoms with van der Waals surface area (Å²) in [6, 6.07) is 25.1. The largest absolute Gasteiger partial charge is 0.494 e. The number of para-hydroxylation sites is 2. The fraction of sp³-hybridized carbons (Fsp3) is 0.267. The van der Waals surface area contributed by atoms with Gasteiger partial charge in [0.1, 0.15) is 5.75 Å². The zero-order valence-electron chi connectivity index (χ0n) is 21.3. The number of aryl methyl sites for hydroxylation is 1. The van der Waals surface area contributed by atoms with Crippen molar-refractivity contribution in [2.24, 2.45) is 5.10 Å². The first-order chi connectivity index (χ1) is 17.4. The van der Waals surface area contributed by atoms with Crippen LogP contribution in [0.3, 0.4) is 0 Å². The van der Waals surface area contributed by atoms with Crippen LogP contribution >= 0.6 is 11.3 Å². The highest BCUT2D eigenvalue weighted by Gasteiger charge is 2.14. The van der Waals surface area contributed by atoms with Crippen LogP contribution in [0.5, 0.6) is 5.75 Å². The highest BCUT2D eigenvalue weighted by atomic mass is 32.1. The van der Waals surface area contributed by atoms with Gasteiger partial charge in [0.15, 0.2) is 0 Å². The number of thiazole rings is 1. The summed E-state index contributed by atoms with van der Waals surface area (Å²) in [5.41, 5.74) is 9.10. The molecule has 0 amide bonds. The Bertz CT molecular complexity index is 1470. The van der Waals surface area contributed by atoms with Gasteiger partial charge in [0.2, 0.25) is 5.13 Å². The Hall–Kier alpha value is -3.64. The van der Waals surface area contributed by atoms with E-state index in [0.717, 1.165) is 39.6 Å². The Labute approximate surface area is 216 Å². The number of aromatic nitrogens is 2. The summed E-state index contributed by atoms with van der Waals surface area (Å²) in [5.74, 6) is 0.922. The Morgan fingerprint density at radius 1 is 1.00 bits per heavy atom. The van der Waals surface area contributed by atoms with E-state index in [2.05, 4.69) is 102 Å². The molecule has 2 aromatic heterocycles. The number of hydrogen-bond acceptors (Lipinski definition) is 5. The second-order valence-electron chi connectivity index (χ2n) is 10.0. The lowest BCUT2D eigenvalue weighted by Crippen LogP contribution is -2.10. The molecule has 0 saturated heterocycles. The number of rotatable bonds is 8. The summed E-state index contributed by atoms with van der Waals surface area (Å²) in [6.45, 7) is 10.4. The second-order valence-corrected chi connectivity index (χ2v) is 11.0. The lowest BCUT2D eigenvalue weighted by Gasteiger charge is -2.19. The number of benzene rings is 3. The summed E-state index contributed by atoms with van der Waals surface area (Å²) in [7, 11) is 0. The number of anilines is 1. The van der Waals surface area contributed by atoms with Crippen molar-refractivity contribution < 1.29 is 4.74 Å². The highest BCUT2D eigenvalue weighted by Crippen LogP contribution is 2.27. The van der Waals surface area contributed by atoms with E-state index in [9.17, 15) is 0 Å². The third kappa shape index (κ3) is 5.14. The summed E-state index contributed by atoms with van der Waals surface area (Å²) in [6.07, 6.45) is 2.83. The van der Waals surface area contributed by atoms with E-state index in [1.807, 2.05) is 24.4 Å². The number of hydrogen-bond donors (Lipinski definition) is 1. The summed E-state index contributed by atoms with van der Waals surface area (Å²) in [4.78, 5) is 4.60. The van der Waals surface area contributed by atoms with Crippen LogP contribution in [-0.4, -0.2) is 22.4 Å². The van der Waals surface area contributed by atoms with Crippen LogP contribution in [0.25, 0.3) is 21.1 Å². The quantitative estimate of drug-likeness (QED) is 0.136. The molecule has 5 nitrogen and oxygen atoms in total. The van der Waals surface area contributed by atoms with Crippen molar-refractivity contribution in [3.05, 3.63) is 89.6 Å². The third-order valence-electron chi connectivity index (χ3n) is 6.44. The van der Waals surface area contributed by atoms with Gasteiger partial charge in [-0.15, -0.1) is 0 Å². The van der Waals surface area contributed by atoms with Gasteiger partial charge in [-0.05, 0) is 54.7 Å². The van der Waals surface area contributed by atoms with E-state index in [1.54, 1.807) is 11.3 Å². The summed E-state index contributed by atoms with van der Waals surface area (Å²) < 4.78 is 9.55. The number of hydrazone groups is 1. The second kappa shape index (κ2) is 10.2. The maximum atomic E-state index is 6.04. The minimum absolute atomic E-state index is 0.149. The smallest absolute Gasteiger partial charge is 0.204 e. The molecule has 36 heavy (non-hydrogen) atoms. The molecule has 0 aliphatic heterocycles. The van der Waals surface area contributed by atoms with E-state index in [0.29, 0.717) is 6.61 Å². The van der Waals surface area contributed by atoms with Crippen LogP contribution in [0, 0.1) is 6.92 Å². The zero-order chi connectivity index (χ0) is 25.1. The molecule has 6 heteroatoms. The molecule has 1 N–H and O–H groups in total. The SMILES string of the molecule is Cc1c(/C=N\Nc2nc3ccccc3s2)c2ccccc2n1CCCOc1ccc(C(C)(C)C)cc1. The number of fused-ring (bicyclic) bond motifs is 2. The van der Waals surface area contributed by atoms with Crippen LogP contribution in [0.1, 0.15) is 44.0 Å². The van der Waals surface area contributed by atoms with Gasteiger partial charge < -0.3 is 9.30 Å². The third-order valence-corrected chi connectivity index (χ3v) is 7.38. The molecule has 0 spiro atoms. The monoisotopic (exact) mass is 496 g/mol. The molecule has 2 heterocycles. The van der Waals surface area contributed by atoms with Gasteiger partial charge >= 0.3 is 0 Å². The number of nitrogens with one attached hydrogen (secondary N) is 1. The Kier molecular flexibility index (Phi) is 6.79. The highest BCUT2D eigenvalue weighted by molar-refractivity contribution is 7.22. The molecule has 184 valence electrons. The lowest BCUT2D eigenvalue weighted by atomic mass is 9.87. The first-order valence-corrected chi connectivity index (χ1v) is 13.2. The summed E-state index contributed by atoms with van der Waals surface area (Å²) in [5, 5.41) is 6.52. The topological polar surface area (TPSA) is 51.4 Å². The molecule has 3 aromatic carbocycles. The molecule has 0 saturated carbocycles. The minimum atomic E-state index is 0.149. The van der Waals surface area contributed by atoms with E-state index in [4.69, 9.17) is 4.74 Å². The van der Waals surface area contributed by atoms with Gasteiger partial charge in [0.05, 0.1) is 23.0 Å². The fourth-order valence-electron chi connectivity index (χ4n) is 4.44. The molecule has 5 rings (SSSR count). The standard InChI is InChI=1S/C30H32N4OS/c1-21-25(20-31-33-29-32-26-11-6-8-13-28(26)36-29)24-10-5-7-12-27(24)34(21)18-9-19-35-23-16-14-22(15-17-23)30(2,3)4/h5-8,10-17,20H,9,18-19H2,1-4H3,(H,32,33)/b31-20-. The molecule has 0 radical (unpaired) electrons. The lowest BCUT2D eigenvalue weighted by molar-refractivity contribution is 0.302. The van der Waals surface area contributed by atoms with Gasteiger partial charge in [-0.3, -0.25) is 5.43 Å². The van der Waals surface area contributed by atoms with Crippen molar-refractivity contribution in [2.75, 3.05) is 12.0 Å². The zero-order valence-corrected chi connectivity index (χ0v) is 22.1. The van der Waals surface area contributed by atoms with Crippen LogP contribution in [-0.2, 0) is 12.0 Å². The minimum Gasteiger partial charge on any atom is -0.494 e. The Morgan fingerprint density at radius 3 is 2.53 bits per heavy atom. The maximum Gasteiger partial charge on any atom is 0.204 e. The first-order valence-electron chi connectivity index (χ1n) is 12.4. The van der Waals surface area contributed by atoms with Gasteiger partial charge in [-0.2, -0.15) is 5.10 Å². The van der Waals surface area contributed by atoms with Crippen LogP contribution < -0.4 is 10.2 Å². The molecule has 0 aliphatic carbocycles. The van der Waals surface area contributed by atoms with Crippen LogP contribution in [0.15, 0.2) is 77.9 Å². The molecule has 0 aliphatic rings. The van der Waals surface area contributed by atoms with Crippen molar-refractivity contribution in [3.8, 4) is 5.75 Å². The Balaban J connectivity index is 1.26. The predicted molar refractivity (Wildman–Crippen MR) is 153 cm³/mol. The molecule has 5 aromatic rings. The number of nitrogens with zero attached hydrogens (tertiary/aromatic N) is 3. The van der Waals surface area contributed by atoms with Crippen molar-refractivity contribution in [2.45, 2.75) is 46.1 Å². The van der Waals surface area contributed by atoms with E-state index in [1.165, 1.54) is 22.2 Å². The van der Waals surface area contributed by atoms with E-state index >= 15 is 0 Å². The fourth-order valence-corrected chi connectivity index (χ4v) is 5.26. The average Bonchev–Trinajstić information content (AvgIpc) is 3.40. The van der Waals surface area contributed by atoms with Crippen molar-refractivity contribution in [1.29, 1.82) is 0 Å². The maximum absolute atomic E-state index is 6.04. The normalized spacial score (nSPS) is 12.1. The van der Waals surface area contributed by atoms with E-state index < -0.39 is 0 Å². The van der Waals surface area contributed by atoms with Gasteiger partial charge in [-0.25, -0.2) is 4.98 Å². The van der Waals surface area contributed by atoms with Crippen LogP contribution in [0.4, 0.5) is 5.13 Å². The predicted octanol–water partition coefficient (Wildman–Crippen LogP) is 7.77. The summed E-state index contributed by atoms with van der Waals surface area (Å²) >= 11 is 1.60. The molecule has 0 fully saturated rings. The van der Waals surface area contributed by atoms with Gasteiger partial charge in [0.25, 0.3) is 0 Å². The average molecular weight is 497 g/mol. The van der Waals surface area contributed by atoms with E-state index in [-0.39, 0.29) is 5.41 Å². The van der Waals surface area contributed by atoms with Crippen LogP contribution in [0.2, 0.25) is 0 Å². The molecule has 0 bridgehead atoms. The molecular weight excluding hydrogens is 464 g/mol. The van der Waals surface area contributed by atoms with Crippen molar-refractivity contribution in [3.63, 3.8) is 0 Å². The van der Waals surface area contributed by atoms with Crippen molar-refractivity contribution >= 4 is 43.8 Å². The Morgan fingerprint density at radius 2 is 1.75 bits per heavy atom. The van der Waals surface area contributed by atoms with Gasteiger partial charge in [-0.1, -0.05) is 74.6 Å². The molecule has 0 unspecified atom stereocenters. The van der Waals surface area contributed by atoms with Gasteiger partial charge in [0, 0.05) is 28.7 Å². The molecular formula is C30H32N4OS. The number of ether oxygens (including phenoxy) is 1. The van der Waals surface area contributed by atoms with Crippen molar-refractivity contribution in [1.82, 2.24) is 9.55 Å². The first kappa shape index (κ1) is 24.1.